The molecule has 1 heterocycles. The lowest BCUT2D eigenvalue weighted by atomic mass is 9.75. The highest BCUT2D eigenvalue weighted by molar-refractivity contribution is 6.30. The molecule has 194 valence electrons. The average molecular weight is 512 g/mol. The van der Waals surface area contributed by atoms with Crippen LogP contribution < -0.4 is 5.32 Å². The van der Waals surface area contributed by atoms with Gasteiger partial charge in [-0.25, -0.2) is 4.68 Å². The summed E-state index contributed by atoms with van der Waals surface area (Å²) >= 11 is 6.19. The van der Waals surface area contributed by atoms with Crippen molar-refractivity contribution in [1.29, 1.82) is 0 Å². The molecule has 2 N–H and O–H groups in total. The molecule has 0 spiro atoms. The fraction of sp³-hybridized carbons (Fsp3) is 0.621. The minimum absolute atomic E-state index is 0.122. The van der Waals surface area contributed by atoms with Gasteiger partial charge in [0.1, 0.15) is 0 Å². The first kappa shape index (κ1) is 25.3. The molecule has 2 fully saturated rings. The Morgan fingerprint density at radius 1 is 0.972 bits per heavy atom. The number of carboxylic acid groups (broad SMARTS) is 1. The first-order chi connectivity index (χ1) is 17.5. The van der Waals surface area contributed by atoms with E-state index in [4.69, 9.17) is 21.8 Å². The Kier molecular flexibility index (Phi) is 8.00. The molecule has 3 aliphatic carbocycles. The van der Waals surface area contributed by atoms with E-state index in [0.29, 0.717) is 10.9 Å². The van der Waals surface area contributed by atoms with Crippen LogP contribution >= 0.6 is 11.6 Å². The first-order valence-corrected chi connectivity index (χ1v) is 14.3. The Labute approximate surface area is 218 Å². The van der Waals surface area contributed by atoms with Crippen LogP contribution in [0.4, 0.5) is 0 Å². The number of aromatic nitrogens is 2. The number of carbonyl (C=O) groups excluding carboxylic acids is 1. The van der Waals surface area contributed by atoms with Gasteiger partial charge in [0.2, 0.25) is 5.91 Å². The summed E-state index contributed by atoms with van der Waals surface area (Å²) in [6.07, 6.45) is 13.6. The predicted molar refractivity (Wildman–Crippen MR) is 141 cm³/mol. The number of aryl methyl sites for hydroxylation is 1. The Morgan fingerprint density at radius 3 is 2.36 bits per heavy atom. The quantitative estimate of drug-likeness (QED) is 0.462. The van der Waals surface area contributed by atoms with Crippen LogP contribution in [0.3, 0.4) is 0 Å². The second kappa shape index (κ2) is 11.4. The molecule has 1 amide bonds. The molecule has 7 heteroatoms. The first-order valence-electron chi connectivity index (χ1n) is 13.9. The van der Waals surface area contributed by atoms with Crippen LogP contribution in [0, 0.1) is 11.8 Å². The van der Waals surface area contributed by atoms with E-state index in [9.17, 15) is 9.59 Å². The van der Waals surface area contributed by atoms with Crippen molar-refractivity contribution in [1.82, 2.24) is 15.1 Å². The minimum Gasteiger partial charge on any atom is -0.481 e. The molecular formula is C29H38ClN3O3. The Bertz CT molecular complexity index is 1070. The van der Waals surface area contributed by atoms with Gasteiger partial charge in [-0.3, -0.25) is 9.59 Å². The highest BCUT2D eigenvalue weighted by Crippen LogP contribution is 2.41. The van der Waals surface area contributed by atoms with Crippen LogP contribution in [0.1, 0.15) is 99.9 Å². The van der Waals surface area contributed by atoms with Crippen molar-refractivity contribution in [2.45, 2.75) is 102 Å². The third-order valence-corrected chi connectivity index (χ3v) is 8.87. The van der Waals surface area contributed by atoms with Gasteiger partial charge in [-0.15, -0.1) is 0 Å². The number of halogens is 1. The zero-order valence-corrected chi connectivity index (χ0v) is 21.8. The molecule has 1 aromatic carbocycles. The lowest BCUT2D eigenvalue weighted by molar-refractivity contribution is -0.138. The third-order valence-electron chi connectivity index (χ3n) is 8.62. The van der Waals surface area contributed by atoms with Crippen LogP contribution in [0.15, 0.2) is 24.3 Å². The normalized spacial score (nSPS) is 23.6. The largest absolute Gasteiger partial charge is 0.481 e. The van der Waals surface area contributed by atoms with Crippen LogP contribution in [0.2, 0.25) is 5.02 Å². The fourth-order valence-corrected chi connectivity index (χ4v) is 6.88. The molecule has 3 aliphatic rings. The second-order valence-corrected chi connectivity index (χ2v) is 11.5. The Balaban J connectivity index is 1.46. The molecule has 2 saturated carbocycles. The van der Waals surface area contributed by atoms with E-state index < -0.39 is 5.97 Å². The van der Waals surface area contributed by atoms with Gasteiger partial charge in [0, 0.05) is 17.5 Å². The van der Waals surface area contributed by atoms with E-state index in [0.717, 1.165) is 81.3 Å². The van der Waals surface area contributed by atoms with Gasteiger partial charge in [-0.1, -0.05) is 30.9 Å². The molecule has 1 unspecified atom stereocenters. The van der Waals surface area contributed by atoms with Crippen molar-refractivity contribution in [3.8, 4) is 5.69 Å². The molecule has 1 atom stereocenters. The summed E-state index contributed by atoms with van der Waals surface area (Å²) in [5.41, 5.74) is 4.49. The molecule has 0 radical (unpaired) electrons. The maximum Gasteiger partial charge on any atom is 0.303 e. The van der Waals surface area contributed by atoms with Gasteiger partial charge in [0.25, 0.3) is 0 Å². The van der Waals surface area contributed by atoms with Crippen molar-refractivity contribution in [3.63, 3.8) is 0 Å². The minimum atomic E-state index is -0.722. The summed E-state index contributed by atoms with van der Waals surface area (Å²) in [7, 11) is 0. The summed E-state index contributed by atoms with van der Waals surface area (Å²) in [6, 6.07) is 7.92. The topological polar surface area (TPSA) is 84.2 Å². The molecule has 0 aliphatic heterocycles. The van der Waals surface area contributed by atoms with E-state index in [-0.39, 0.29) is 30.2 Å². The van der Waals surface area contributed by atoms with Gasteiger partial charge in [-0.2, -0.15) is 5.10 Å². The maximum atomic E-state index is 14.1. The number of nitrogens with one attached hydrogen (secondary N) is 1. The van der Waals surface area contributed by atoms with E-state index >= 15 is 0 Å². The van der Waals surface area contributed by atoms with Gasteiger partial charge in [-0.05, 0) is 106 Å². The van der Waals surface area contributed by atoms with Crippen LogP contribution in [-0.4, -0.2) is 32.8 Å². The highest BCUT2D eigenvalue weighted by atomic mass is 35.5. The summed E-state index contributed by atoms with van der Waals surface area (Å²) in [6.45, 7) is 0. The Hall–Kier alpha value is -2.34. The number of hydrogen-bond donors (Lipinski definition) is 2. The van der Waals surface area contributed by atoms with Gasteiger partial charge in [0.15, 0.2) is 0 Å². The summed E-state index contributed by atoms with van der Waals surface area (Å²) < 4.78 is 2.05. The van der Waals surface area contributed by atoms with Crippen LogP contribution in [-0.2, 0) is 22.4 Å². The third kappa shape index (κ3) is 5.64. The van der Waals surface area contributed by atoms with Gasteiger partial charge >= 0.3 is 5.97 Å². The number of carbonyl (C=O) groups is 2. The number of carboxylic acids is 1. The number of aliphatic carboxylic acids is 1. The molecular weight excluding hydrogens is 474 g/mol. The average Bonchev–Trinajstić information content (AvgIpc) is 3.25. The Morgan fingerprint density at radius 2 is 1.67 bits per heavy atom. The monoisotopic (exact) mass is 511 g/mol. The van der Waals surface area contributed by atoms with E-state index in [1.165, 1.54) is 24.8 Å². The summed E-state index contributed by atoms with van der Waals surface area (Å²) in [4.78, 5) is 25.2. The van der Waals surface area contributed by atoms with Crippen molar-refractivity contribution >= 4 is 23.5 Å². The highest BCUT2D eigenvalue weighted by Gasteiger charge is 2.38. The summed E-state index contributed by atoms with van der Waals surface area (Å²) in [5, 5.41) is 18.3. The second-order valence-electron chi connectivity index (χ2n) is 11.1. The van der Waals surface area contributed by atoms with Crippen molar-refractivity contribution < 1.29 is 14.7 Å². The molecule has 2 aromatic rings. The van der Waals surface area contributed by atoms with Crippen molar-refractivity contribution in [3.05, 3.63) is 46.2 Å². The lowest BCUT2D eigenvalue weighted by Gasteiger charge is -2.34. The molecule has 0 bridgehead atoms. The van der Waals surface area contributed by atoms with Gasteiger partial charge in [0.05, 0.1) is 23.0 Å². The van der Waals surface area contributed by atoms with Crippen molar-refractivity contribution in [2.24, 2.45) is 11.8 Å². The standard InChI is InChI=1S/C29H38ClN3O3/c30-21-12-16-23(17-13-21)33-28(24-8-4-5-9-25(24)32-33)27(20-6-2-1-3-7-20)29(36)31-22-14-10-19(11-15-22)18-26(34)35/h12-13,16-17,19-20,22,27H,1-11,14-15,18H2,(H,31,36)(H,34,35)/t19-,22-,27?. The predicted octanol–water partition coefficient (Wildman–Crippen LogP) is 6.22. The number of benzene rings is 1. The van der Waals surface area contributed by atoms with E-state index in [2.05, 4.69) is 10.00 Å². The molecule has 0 saturated heterocycles. The van der Waals surface area contributed by atoms with Crippen molar-refractivity contribution in [2.75, 3.05) is 0 Å². The number of hydrogen-bond acceptors (Lipinski definition) is 3. The lowest BCUT2D eigenvalue weighted by Crippen LogP contribution is -2.43. The van der Waals surface area contributed by atoms with E-state index in [1.807, 2.05) is 24.3 Å². The molecule has 1 aromatic heterocycles. The van der Waals surface area contributed by atoms with E-state index in [1.54, 1.807) is 0 Å². The van der Waals surface area contributed by atoms with Gasteiger partial charge < -0.3 is 10.4 Å². The molecule has 6 nitrogen and oxygen atoms in total. The number of fused-ring (bicyclic) bond motifs is 1. The molecule has 36 heavy (non-hydrogen) atoms. The zero-order chi connectivity index (χ0) is 25.1. The molecule has 5 rings (SSSR count). The fourth-order valence-electron chi connectivity index (χ4n) is 6.75. The number of nitrogens with zero attached hydrogens (tertiary/aromatic N) is 2. The summed E-state index contributed by atoms with van der Waals surface area (Å²) in [5.74, 6) is -0.266. The SMILES string of the molecule is O=C(O)C[C@H]1CC[C@H](NC(=O)C(c2c3c(nn2-c2ccc(Cl)cc2)CCCC3)C2CCCCC2)CC1. The zero-order valence-electron chi connectivity index (χ0n) is 21.1. The van der Waals surface area contributed by atoms with Crippen LogP contribution in [0.25, 0.3) is 5.69 Å². The smallest absolute Gasteiger partial charge is 0.303 e. The number of rotatable bonds is 7. The number of amides is 1. The van der Waals surface area contributed by atoms with Crippen LogP contribution in [0.5, 0.6) is 0 Å². The maximum absolute atomic E-state index is 14.1.